The molecule has 1 fully saturated rings. The second kappa shape index (κ2) is 8.53. The van der Waals surface area contributed by atoms with E-state index in [0.717, 1.165) is 65.9 Å². The summed E-state index contributed by atoms with van der Waals surface area (Å²) in [5, 5.41) is 18.5. The Kier molecular flexibility index (Phi) is 5.20. The normalized spacial score (nSPS) is 15.4. The number of rotatable bonds is 5. The van der Waals surface area contributed by atoms with Gasteiger partial charge in [0.25, 0.3) is 5.91 Å². The first-order valence-electron chi connectivity index (χ1n) is 11.6. The second-order valence-electron chi connectivity index (χ2n) is 9.04. The summed E-state index contributed by atoms with van der Waals surface area (Å²) in [5.41, 5.74) is 4.73. The molecule has 6 rings (SSSR count). The van der Waals surface area contributed by atoms with Gasteiger partial charge in [-0.05, 0) is 41.3 Å². The maximum absolute atomic E-state index is 14.4. The summed E-state index contributed by atoms with van der Waals surface area (Å²) >= 11 is 0. The summed E-state index contributed by atoms with van der Waals surface area (Å²) < 4.78 is 16.3. The number of nitrogens with one attached hydrogen (secondary N) is 1. The summed E-state index contributed by atoms with van der Waals surface area (Å²) in [5.74, 6) is -0.395. The van der Waals surface area contributed by atoms with Crippen LogP contribution < -0.4 is 10.2 Å². The van der Waals surface area contributed by atoms with Gasteiger partial charge in [0.05, 0.1) is 30.1 Å². The molecule has 1 saturated heterocycles. The van der Waals surface area contributed by atoms with E-state index >= 15 is 0 Å². The molecule has 4 aromatic rings. The van der Waals surface area contributed by atoms with Gasteiger partial charge in [-0.2, -0.15) is 10.4 Å². The van der Waals surface area contributed by atoms with Gasteiger partial charge >= 0.3 is 0 Å². The highest BCUT2D eigenvalue weighted by Crippen LogP contribution is 2.35. The van der Waals surface area contributed by atoms with E-state index in [0.29, 0.717) is 17.8 Å². The van der Waals surface area contributed by atoms with Crippen molar-refractivity contribution in [2.45, 2.75) is 13.1 Å². The fourth-order valence-corrected chi connectivity index (χ4v) is 5.08. The Balaban J connectivity index is 1.11. The molecule has 0 radical (unpaired) electrons. The summed E-state index contributed by atoms with van der Waals surface area (Å²) in [6.45, 7) is 4.50. The molecule has 1 aromatic heterocycles. The molecule has 35 heavy (non-hydrogen) atoms. The van der Waals surface area contributed by atoms with Crippen molar-refractivity contribution in [3.05, 3.63) is 89.0 Å². The minimum Gasteiger partial charge on any atom is -0.367 e. The van der Waals surface area contributed by atoms with Crippen LogP contribution in [0.4, 0.5) is 15.8 Å². The van der Waals surface area contributed by atoms with Crippen LogP contribution in [-0.4, -0.2) is 46.8 Å². The first-order valence-corrected chi connectivity index (χ1v) is 11.6. The Bertz CT molecular complexity index is 1500. The molecular weight excluding hydrogens is 443 g/mol. The van der Waals surface area contributed by atoms with Crippen LogP contribution in [-0.2, 0) is 13.1 Å². The van der Waals surface area contributed by atoms with Crippen molar-refractivity contribution >= 4 is 28.1 Å². The van der Waals surface area contributed by atoms with E-state index in [4.69, 9.17) is 5.26 Å². The van der Waals surface area contributed by atoms with E-state index in [2.05, 4.69) is 33.6 Å². The Morgan fingerprint density at radius 3 is 2.71 bits per heavy atom. The lowest BCUT2D eigenvalue weighted by Crippen LogP contribution is -2.46. The number of piperazine rings is 1. The molecule has 0 atom stereocenters. The third-order valence-corrected chi connectivity index (χ3v) is 6.84. The zero-order chi connectivity index (χ0) is 23.9. The first-order chi connectivity index (χ1) is 17.1. The van der Waals surface area contributed by atoms with Crippen LogP contribution in [0.2, 0.25) is 0 Å². The molecule has 174 valence electrons. The van der Waals surface area contributed by atoms with Gasteiger partial charge < -0.3 is 10.2 Å². The van der Waals surface area contributed by atoms with E-state index in [9.17, 15) is 9.18 Å². The Labute approximate surface area is 202 Å². The number of carbonyl (C=O) groups is 1. The van der Waals surface area contributed by atoms with Gasteiger partial charge in [0.15, 0.2) is 0 Å². The summed E-state index contributed by atoms with van der Waals surface area (Å²) in [4.78, 5) is 16.6. The smallest absolute Gasteiger partial charge is 0.256 e. The molecule has 3 heterocycles. The molecule has 0 bridgehead atoms. The number of hydrogen-bond acceptors (Lipinski definition) is 5. The van der Waals surface area contributed by atoms with Crippen LogP contribution in [0, 0.1) is 17.1 Å². The minimum atomic E-state index is -0.345. The van der Waals surface area contributed by atoms with Crippen molar-refractivity contribution in [1.82, 2.24) is 14.7 Å². The maximum Gasteiger partial charge on any atom is 0.256 e. The van der Waals surface area contributed by atoms with Gasteiger partial charge in [-0.3, -0.25) is 14.4 Å². The lowest BCUT2D eigenvalue weighted by Gasteiger charge is -2.36. The monoisotopic (exact) mass is 466 g/mol. The Hall–Kier alpha value is -4.22. The lowest BCUT2D eigenvalue weighted by atomic mass is 10.0. The molecule has 2 aliphatic rings. The molecule has 3 aromatic carbocycles. The van der Waals surface area contributed by atoms with Crippen molar-refractivity contribution in [3.63, 3.8) is 0 Å². The number of halogens is 1. The number of aromatic nitrogens is 2. The van der Waals surface area contributed by atoms with Gasteiger partial charge in [0.2, 0.25) is 0 Å². The van der Waals surface area contributed by atoms with E-state index < -0.39 is 0 Å². The standard InChI is InChI=1S/C27H23FN6O/c28-23-12-18(13-29)4-7-25(23)33-10-8-32(9-11-33)15-19-14-30-34(16-19)17-20-5-6-24-26-21(20)2-1-3-22(26)27(35)31-24/h1-7,12,14,16H,8-11,15,17H2,(H,31,35). The van der Waals surface area contributed by atoms with Gasteiger partial charge in [-0.25, -0.2) is 4.39 Å². The Morgan fingerprint density at radius 2 is 1.91 bits per heavy atom. The third kappa shape index (κ3) is 3.90. The molecule has 8 heteroatoms. The van der Waals surface area contributed by atoms with Gasteiger partial charge in [0, 0.05) is 61.1 Å². The molecule has 1 amide bonds. The highest BCUT2D eigenvalue weighted by Gasteiger charge is 2.23. The van der Waals surface area contributed by atoms with E-state index in [-0.39, 0.29) is 11.7 Å². The predicted molar refractivity (Wildman–Crippen MR) is 132 cm³/mol. The average Bonchev–Trinajstić information content (AvgIpc) is 3.46. The fraction of sp³-hybridized carbons (Fsp3) is 0.222. The number of anilines is 2. The molecular formula is C27H23FN6O. The van der Waals surface area contributed by atoms with Crippen LogP contribution in [0.25, 0.3) is 10.8 Å². The largest absolute Gasteiger partial charge is 0.367 e. The third-order valence-electron chi connectivity index (χ3n) is 6.84. The van der Waals surface area contributed by atoms with E-state index in [1.54, 1.807) is 12.1 Å². The number of carbonyl (C=O) groups excluding carboxylic acids is 1. The maximum atomic E-state index is 14.4. The predicted octanol–water partition coefficient (Wildman–Crippen LogP) is 3.98. The molecule has 2 aliphatic heterocycles. The fourth-order valence-electron chi connectivity index (χ4n) is 5.08. The number of amides is 1. The quantitative estimate of drug-likeness (QED) is 0.481. The molecule has 7 nitrogen and oxygen atoms in total. The highest BCUT2D eigenvalue weighted by molar-refractivity contribution is 6.24. The average molecular weight is 467 g/mol. The number of benzene rings is 3. The van der Waals surface area contributed by atoms with Crippen LogP contribution in [0.15, 0.2) is 60.9 Å². The van der Waals surface area contributed by atoms with Crippen LogP contribution in [0.3, 0.4) is 0 Å². The van der Waals surface area contributed by atoms with Crippen LogP contribution >= 0.6 is 0 Å². The molecule has 0 saturated carbocycles. The van der Waals surface area contributed by atoms with E-state index in [1.807, 2.05) is 40.0 Å². The summed E-state index contributed by atoms with van der Waals surface area (Å²) in [6.07, 6.45) is 3.97. The SMILES string of the molecule is N#Cc1ccc(N2CCN(Cc3cnn(Cc4ccc5c6c(cccc46)C(=O)N5)c3)CC2)c(F)c1. The molecule has 1 N–H and O–H groups in total. The van der Waals surface area contributed by atoms with Gasteiger partial charge in [-0.15, -0.1) is 0 Å². The van der Waals surface area contributed by atoms with Crippen molar-refractivity contribution < 1.29 is 9.18 Å². The lowest BCUT2D eigenvalue weighted by molar-refractivity contribution is 0.103. The van der Waals surface area contributed by atoms with Crippen molar-refractivity contribution in [3.8, 4) is 6.07 Å². The number of nitrogens with zero attached hydrogens (tertiary/aromatic N) is 5. The number of nitriles is 1. The first kappa shape index (κ1) is 21.3. The van der Waals surface area contributed by atoms with Crippen LogP contribution in [0.5, 0.6) is 0 Å². The Morgan fingerprint density at radius 1 is 1.06 bits per heavy atom. The summed E-state index contributed by atoms with van der Waals surface area (Å²) in [7, 11) is 0. The number of hydrogen-bond donors (Lipinski definition) is 1. The van der Waals surface area contributed by atoms with Crippen molar-refractivity contribution in [2.75, 3.05) is 36.4 Å². The van der Waals surface area contributed by atoms with Crippen LogP contribution in [0.1, 0.15) is 27.0 Å². The topological polar surface area (TPSA) is 77.2 Å². The zero-order valence-corrected chi connectivity index (χ0v) is 19.0. The molecule has 0 spiro atoms. The summed E-state index contributed by atoms with van der Waals surface area (Å²) in [6, 6.07) is 16.5. The van der Waals surface area contributed by atoms with Crippen molar-refractivity contribution in [2.24, 2.45) is 0 Å². The molecule has 0 unspecified atom stereocenters. The highest BCUT2D eigenvalue weighted by atomic mass is 19.1. The van der Waals surface area contributed by atoms with Crippen molar-refractivity contribution in [1.29, 1.82) is 5.26 Å². The molecule has 0 aliphatic carbocycles. The van der Waals surface area contributed by atoms with E-state index in [1.165, 1.54) is 6.07 Å². The van der Waals surface area contributed by atoms with Gasteiger partial charge in [0.1, 0.15) is 5.82 Å². The minimum absolute atomic E-state index is 0.0499. The zero-order valence-electron chi connectivity index (χ0n) is 19.0. The van der Waals surface area contributed by atoms with Gasteiger partial charge in [-0.1, -0.05) is 18.2 Å². The second-order valence-corrected chi connectivity index (χ2v) is 9.04.